The molecule has 0 aromatic heterocycles. The Balaban J connectivity index is 0.000000496. The maximum atomic E-state index is 11.5. The summed E-state index contributed by atoms with van der Waals surface area (Å²) in [6.45, 7) is 7.65. The molecule has 0 bridgehead atoms. The Morgan fingerprint density at radius 1 is 0.833 bits per heavy atom. The monoisotopic (exact) mass is 407 g/mol. The molecule has 0 spiro atoms. The van der Waals surface area contributed by atoms with Crippen LogP contribution in [0.2, 0.25) is 0 Å². The van der Waals surface area contributed by atoms with Crippen molar-refractivity contribution in [1.29, 1.82) is 0 Å². The van der Waals surface area contributed by atoms with E-state index in [9.17, 15) is 43.2 Å². The number of rotatable bonds is 4. The molecule has 1 aliphatic rings. The summed E-state index contributed by atoms with van der Waals surface area (Å²) in [5.74, 6) is 0. The van der Waals surface area contributed by atoms with Crippen LogP contribution in [0.15, 0.2) is 12.4 Å². The van der Waals surface area contributed by atoms with Crippen LogP contribution in [0.25, 0.3) is 0 Å². The van der Waals surface area contributed by atoms with Gasteiger partial charge in [0.15, 0.2) is 0 Å². The molecule has 0 aromatic rings. The summed E-state index contributed by atoms with van der Waals surface area (Å²) in [5.41, 5.74) is -12.3. The molecule has 0 atom stereocenters. The van der Waals surface area contributed by atoms with Crippen molar-refractivity contribution in [1.82, 2.24) is 13.9 Å². The molecule has 1 rings (SSSR count). The van der Waals surface area contributed by atoms with E-state index in [1.54, 1.807) is 0 Å². The average molecular weight is 407 g/mol. The zero-order valence-corrected chi connectivity index (χ0v) is 14.0. The van der Waals surface area contributed by atoms with E-state index >= 15 is 0 Å². The third-order valence-electron chi connectivity index (χ3n) is 2.49. The summed E-state index contributed by atoms with van der Waals surface area (Å²) in [4.78, 5) is 4.56. The maximum Gasteiger partial charge on any atom is 0.512 e. The Morgan fingerprint density at radius 3 is 1.29 bits per heavy atom. The Labute approximate surface area is 135 Å². The highest BCUT2D eigenvalue weighted by Gasteiger charge is 2.55. The van der Waals surface area contributed by atoms with Gasteiger partial charge in [-0.15, -0.1) is 0 Å². The SMILES string of the molecule is CCN1C=CN(CC)C1.O=S(=O)(NS(=O)(=O)C(F)(F)F)C(F)(F)F. The van der Waals surface area contributed by atoms with Gasteiger partial charge in [0, 0.05) is 25.5 Å². The molecular formula is C9H15F6N3O4S2. The second-order valence-electron chi connectivity index (χ2n) is 4.23. The topological polar surface area (TPSA) is 86.8 Å². The van der Waals surface area contributed by atoms with Crippen LogP contribution in [0.5, 0.6) is 0 Å². The van der Waals surface area contributed by atoms with Gasteiger partial charge in [0.05, 0.1) is 6.67 Å². The molecule has 15 heteroatoms. The van der Waals surface area contributed by atoms with Gasteiger partial charge in [0.2, 0.25) is 0 Å². The molecule has 0 amide bonds. The normalized spacial score (nSPS) is 16.2. The molecule has 0 fully saturated rings. The van der Waals surface area contributed by atoms with Crippen molar-refractivity contribution >= 4 is 20.0 Å². The zero-order valence-electron chi connectivity index (χ0n) is 12.4. The van der Waals surface area contributed by atoms with Crippen LogP contribution in [0.4, 0.5) is 26.3 Å². The fourth-order valence-corrected chi connectivity index (χ4v) is 3.08. The predicted molar refractivity (Wildman–Crippen MR) is 71.9 cm³/mol. The van der Waals surface area contributed by atoms with E-state index in [2.05, 4.69) is 36.0 Å². The quantitative estimate of drug-likeness (QED) is 0.708. The van der Waals surface area contributed by atoms with E-state index in [0.717, 1.165) is 19.8 Å². The predicted octanol–water partition coefficient (Wildman–Crippen LogP) is 1.35. The first-order chi connectivity index (χ1) is 10.6. The second kappa shape index (κ2) is 7.77. The van der Waals surface area contributed by atoms with Gasteiger partial charge in [-0.25, -0.2) is 16.8 Å². The number of alkyl halides is 6. The molecule has 1 N–H and O–H groups in total. The van der Waals surface area contributed by atoms with Gasteiger partial charge in [0.25, 0.3) is 0 Å². The number of nitrogens with zero attached hydrogens (tertiary/aromatic N) is 2. The fraction of sp³-hybridized carbons (Fsp3) is 0.778. The Kier molecular flexibility index (Phi) is 7.38. The van der Waals surface area contributed by atoms with Crippen molar-refractivity contribution in [3.63, 3.8) is 0 Å². The lowest BCUT2D eigenvalue weighted by Gasteiger charge is -2.17. The number of hydrogen-bond acceptors (Lipinski definition) is 6. The first-order valence-electron chi connectivity index (χ1n) is 6.15. The van der Waals surface area contributed by atoms with Gasteiger partial charge in [0.1, 0.15) is 0 Å². The molecule has 0 radical (unpaired) electrons. The third kappa shape index (κ3) is 6.35. The van der Waals surface area contributed by atoms with Gasteiger partial charge < -0.3 is 9.80 Å². The van der Waals surface area contributed by atoms with E-state index in [0.29, 0.717) is 0 Å². The lowest BCUT2D eigenvalue weighted by atomic mass is 10.6. The van der Waals surface area contributed by atoms with Crippen molar-refractivity contribution < 1.29 is 43.2 Å². The lowest BCUT2D eigenvalue weighted by Crippen LogP contribution is -2.45. The minimum absolute atomic E-state index is 0.493. The minimum atomic E-state index is -6.60. The zero-order chi connectivity index (χ0) is 19.4. The van der Waals surface area contributed by atoms with Crippen LogP contribution in [0.1, 0.15) is 13.8 Å². The first-order valence-corrected chi connectivity index (χ1v) is 9.11. The van der Waals surface area contributed by atoms with Crippen molar-refractivity contribution in [2.24, 2.45) is 0 Å². The summed E-state index contributed by atoms with van der Waals surface area (Å²) < 4.78 is 108. The third-order valence-corrected chi connectivity index (χ3v) is 5.47. The van der Waals surface area contributed by atoms with Gasteiger partial charge in [-0.3, -0.25) is 0 Å². The number of halogens is 6. The van der Waals surface area contributed by atoms with Crippen molar-refractivity contribution in [2.45, 2.75) is 24.9 Å². The van der Waals surface area contributed by atoms with E-state index < -0.39 is 35.2 Å². The molecule has 1 aliphatic heterocycles. The standard InChI is InChI=1S/C7H14N2.C2HF6NO4S2/c1-3-8-5-6-9(4-2)7-8;3-1(4,5)14(10,11)9-15(12,13)2(6,7)8/h5-6H,3-4,7H2,1-2H3;9H. The Morgan fingerprint density at radius 2 is 1.12 bits per heavy atom. The molecule has 1 heterocycles. The summed E-state index contributed by atoms with van der Waals surface area (Å²) in [6.07, 6.45) is 4.28. The fourth-order valence-electron chi connectivity index (χ4n) is 1.17. The van der Waals surface area contributed by atoms with Crippen LogP contribution in [-0.4, -0.2) is 57.4 Å². The first kappa shape index (κ1) is 22.8. The molecular weight excluding hydrogens is 392 g/mol. The van der Waals surface area contributed by atoms with E-state index in [4.69, 9.17) is 0 Å². The van der Waals surface area contributed by atoms with Crippen LogP contribution in [-0.2, 0) is 20.0 Å². The average Bonchev–Trinajstić information content (AvgIpc) is 2.83. The molecule has 0 saturated heterocycles. The number of hydrogen-bond donors (Lipinski definition) is 1. The van der Waals surface area contributed by atoms with Crippen molar-refractivity contribution in [3.05, 3.63) is 12.4 Å². The number of sulfonamides is 2. The van der Waals surface area contributed by atoms with Crippen LogP contribution < -0.4 is 4.13 Å². The van der Waals surface area contributed by atoms with Crippen LogP contribution in [0, 0.1) is 0 Å². The highest BCUT2D eigenvalue weighted by molar-refractivity contribution is 8.05. The van der Waals surface area contributed by atoms with Crippen molar-refractivity contribution in [2.75, 3.05) is 19.8 Å². The second-order valence-corrected chi connectivity index (χ2v) is 7.84. The van der Waals surface area contributed by atoms with E-state index in [1.165, 1.54) is 0 Å². The van der Waals surface area contributed by atoms with E-state index in [-0.39, 0.29) is 0 Å². The molecule has 0 saturated carbocycles. The lowest BCUT2D eigenvalue weighted by molar-refractivity contribution is -0.0476. The van der Waals surface area contributed by atoms with E-state index in [1.807, 2.05) is 0 Å². The van der Waals surface area contributed by atoms with Crippen molar-refractivity contribution in [3.8, 4) is 0 Å². The molecule has 24 heavy (non-hydrogen) atoms. The summed E-state index contributed by atoms with van der Waals surface area (Å²) in [5, 5.41) is 0. The highest BCUT2D eigenvalue weighted by atomic mass is 32.3. The molecule has 0 aromatic carbocycles. The smallest absolute Gasteiger partial charge is 0.359 e. The minimum Gasteiger partial charge on any atom is -0.359 e. The molecule has 7 nitrogen and oxygen atoms in total. The summed E-state index contributed by atoms with van der Waals surface area (Å²) in [6, 6.07) is 0. The molecule has 144 valence electrons. The van der Waals surface area contributed by atoms with Gasteiger partial charge >= 0.3 is 31.1 Å². The number of nitrogens with one attached hydrogen (secondary N) is 1. The maximum absolute atomic E-state index is 11.5. The Hall–Kier alpha value is -1.22. The van der Waals surface area contributed by atoms with Gasteiger partial charge in [-0.05, 0) is 13.8 Å². The summed E-state index contributed by atoms with van der Waals surface area (Å²) in [7, 11) is -13.2. The Bertz CT molecular complexity index is 587. The largest absolute Gasteiger partial charge is 0.512 e. The van der Waals surface area contributed by atoms with Gasteiger partial charge in [-0.1, -0.05) is 4.13 Å². The molecule has 0 aliphatic carbocycles. The van der Waals surface area contributed by atoms with Gasteiger partial charge in [-0.2, -0.15) is 26.3 Å². The summed E-state index contributed by atoms with van der Waals surface area (Å²) >= 11 is 0. The molecule has 0 unspecified atom stereocenters. The van der Waals surface area contributed by atoms with Crippen LogP contribution in [0.3, 0.4) is 0 Å². The highest BCUT2D eigenvalue weighted by Crippen LogP contribution is 2.27. The van der Waals surface area contributed by atoms with Crippen LogP contribution >= 0.6 is 0 Å².